The van der Waals surface area contributed by atoms with Crippen LogP contribution in [0.2, 0.25) is 0 Å². The lowest BCUT2D eigenvalue weighted by molar-refractivity contribution is -0.124. The maximum Gasteiger partial charge on any atom is 0.275 e. The fourth-order valence-corrected chi connectivity index (χ4v) is 4.40. The Morgan fingerprint density at radius 1 is 1.26 bits per heavy atom. The van der Waals surface area contributed by atoms with Crippen LogP contribution in [0.25, 0.3) is 10.6 Å². The molecule has 1 saturated heterocycles. The Labute approximate surface area is 181 Å². The van der Waals surface area contributed by atoms with Gasteiger partial charge in [-0.15, -0.1) is 11.3 Å². The Morgan fingerprint density at radius 3 is 2.71 bits per heavy atom. The molecule has 4 unspecified atom stereocenters. The molecule has 6 nitrogen and oxygen atoms in total. The van der Waals surface area contributed by atoms with Crippen molar-refractivity contribution >= 4 is 22.9 Å². The molecule has 1 aromatic carbocycles. The molecule has 31 heavy (non-hydrogen) atoms. The monoisotopic (exact) mass is 445 g/mol. The van der Waals surface area contributed by atoms with E-state index in [0.29, 0.717) is 17.7 Å². The highest BCUT2D eigenvalue weighted by Crippen LogP contribution is 2.37. The van der Waals surface area contributed by atoms with Gasteiger partial charge >= 0.3 is 0 Å². The summed E-state index contributed by atoms with van der Waals surface area (Å²) in [5, 5.41) is 14.6. The second-order valence-corrected chi connectivity index (χ2v) is 8.40. The summed E-state index contributed by atoms with van der Waals surface area (Å²) in [6.07, 6.45) is 2.40. The van der Waals surface area contributed by atoms with Crippen LogP contribution in [0, 0.1) is 17.6 Å². The number of hydrogen-bond acceptors (Lipinski definition) is 6. The van der Waals surface area contributed by atoms with Gasteiger partial charge in [-0.2, -0.15) is 0 Å². The van der Waals surface area contributed by atoms with Crippen molar-refractivity contribution in [2.24, 2.45) is 5.92 Å². The maximum atomic E-state index is 14.0. The Balaban J connectivity index is 1.56. The number of hydrogen-bond donors (Lipinski definition) is 2. The summed E-state index contributed by atoms with van der Waals surface area (Å²) >= 11 is 0.978. The molecule has 4 rings (SSSR count). The van der Waals surface area contributed by atoms with Crippen LogP contribution in [0.3, 0.4) is 0 Å². The summed E-state index contributed by atoms with van der Waals surface area (Å²) in [5.41, 5.74) is 0.889. The third kappa shape index (κ3) is 4.34. The number of pyridine rings is 1. The molecule has 0 saturated carbocycles. The van der Waals surface area contributed by atoms with E-state index in [4.69, 9.17) is 4.74 Å². The van der Waals surface area contributed by atoms with E-state index in [1.807, 2.05) is 13.8 Å². The molecule has 1 fully saturated rings. The van der Waals surface area contributed by atoms with Crippen molar-refractivity contribution < 1.29 is 23.4 Å². The number of halogens is 2. The van der Waals surface area contributed by atoms with Crippen LogP contribution in [0.5, 0.6) is 0 Å². The van der Waals surface area contributed by atoms with Gasteiger partial charge in [0.15, 0.2) is 0 Å². The molecular weight excluding hydrogens is 424 g/mol. The summed E-state index contributed by atoms with van der Waals surface area (Å²) in [6, 6.07) is 5.28. The van der Waals surface area contributed by atoms with Gasteiger partial charge in [0.2, 0.25) is 0 Å². The highest BCUT2D eigenvalue weighted by molar-refractivity contribution is 7.13. The number of aromatic nitrogens is 2. The molecular formula is C22H21F2N3O3S. The largest absolute Gasteiger partial charge is 0.393 e. The summed E-state index contributed by atoms with van der Waals surface area (Å²) in [4.78, 5) is 20.9. The van der Waals surface area contributed by atoms with Gasteiger partial charge in [0.1, 0.15) is 22.3 Å². The summed E-state index contributed by atoms with van der Waals surface area (Å²) in [5.74, 6) is -2.02. The molecule has 9 heteroatoms. The average molecular weight is 445 g/mol. The van der Waals surface area contributed by atoms with E-state index in [-0.39, 0.29) is 28.3 Å². The van der Waals surface area contributed by atoms with E-state index in [0.717, 1.165) is 23.5 Å². The van der Waals surface area contributed by atoms with Crippen LogP contribution in [-0.4, -0.2) is 33.2 Å². The number of benzene rings is 1. The topological polar surface area (TPSA) is 84.3 Å². The quantitative estimate of drug-likeness (QED) is 0.614. The van der Waals surface area contributed by atoms with Crippen molar-refractivity contribution in [1.82, 2.24) is 9.97 Å². The van der Waals surface area contributed by atoms with Crippen molar-refractivity contribution in [2.75, 3.05) is 5.32 Å². The molecule has 162 valence electrons. The number of aliphatic hydroxyl groups is 1. The van der Waals surface area contributed by atoms with E-state index < -0.39 is 29.7 Å². The number of thiazole rings is 1. The van der Waals surface area contributed by atoms with Crippen molar-refractivity contribution in [3.63, 3.8) is 0 Å². The molecule has 1 aliphatic rings. The SMILES string of the molecule is CC1OC(c2ccncc2NC(=O)c2csc(-c3c(F)cccc3F)n2)CC(O)C1C. The van der Waals surface area contributed by atoms with Gasteiger partial charge in [-0.1, -0.05) is 13.0 Å². The molecule has 1 amide bonds. The van der Waals surface area contributed by atoms with Gasteiger partial charge in [-0.25, -0.2) is 13.8 Å². The predicted molar refractivity (Wildman–Crippen MR) is 113 cm³/mol. The summed E-state index contributed by atoms with van der Waals surface area (Å²) in [7, 11) is 0. The van der Waals surface area contributed by atoms with Gasteiger partial charge in [-0.05, 0) is 25.1 Å². The molecule has 0 aliphatic carbocycles. The molecule has 1 aliphatic heterocycles. The smallest absolute Gasteiger partial charge is 0.275 e. The minimum Gasteiger partial charge on any atom is -0.393 e. The lowest BCUT2D eigenvalue weighted by Gasteiger charge is -2.37. The first kappa shape index (κ1) is 21.5. The van der Waals surface area contributed by atoms with E-state index >= 15 is 0 Å². The number of nitrogens with zero attached hydrogens (tertiary/aromatic N) is 2. The number of carbonyl (C=O) groups excluding carboxylic acids is 1. The Hall–Kier alpha value is -2.75. The number of amides is 1. The number of anilines is 1. The highest BCUT2D eigenvalue weighted by Gasteiger charge is 2.34. The first-order valence-corrected chi connectivity index (χ1v) is 10.7. The van der Waals surface area contributed by atoms with E-state index in [1.54, 1.807) is 12.3 Å². The van der Waals surface area contributed by atoms with Crippen LogP contribution in [-0.2, 0) is 4.74 Å². The van der Waals surface area contributed by atoms with Crippen LogP contribution < -0.4 is 5.32 Å². The maximum absolute atomic E-state index is 14.0. The second-order valence-electron chi connectivity index (χ2n) is 7.54. The molecule has 3 aromatic rings. The van der Waals surface area contributed by atoms with Crippen molar-refractivity contribution in [2.45, 2.75) is 38.6 Å². The first-order valence-electron chi connectivity index (χ1n) is 9.84. The summed E-state index contributed by atoms with van der Waals surface area (Å²) < 4.78 is 34.1. The van der Waals surface area contributed by atoms with Crippen molar-refractivity contribution in [1.29, 1.82) is 0 Å². The van der Waals surface area contributed by atoms with Crippen LogP contribution in [0.4, 0.5) is 14.5 Å². The molecule has 2 aromatic heterocycles. The molecule has 2 N–H and O–H groups in total. The van der Waals surface area contributed by atoms with Gasteiger partial charge < -0.3 is 15.2 Å². The van der Waals surface area contributed by atoms with Crippen molar-refractivity contribution in [3.05, 3.63) is 64.9 Å². The summed E-state index contributed by atoms with van der Waals surface area (Å²) in [6.45, 7) is 3.83. The average Bonchev–Trinajstić information content (AvgIpc) is 3.22. The Morgan fingerprint density at radius 2 is 2.00 bits per heavy atom. The number of carbonyl (C=O) groups is 1. The third-order valence-electron chi connectivity index (χ3n) is 5.55. The third-order valence-corrected chi connectivity index (χ3v) is 6.40. The molecule has 0 bridgehead atoms. The number of aliphatic hydroxyl groups excluding tert-OH is 1. The number of ether oxygens (including phenoxy) is 1. The molecule has 0 spiro atoms. The number of rotatable bonds is 4. The minimum absolute atomic E-state index is 0.00309. The zero-order valence-electron chi connectivity index (χ0n) is 16.9. The van der Waals surface area contributed by atoms with Gasteiger partial charge in [0.25, 0.3) is 5.91 Å². The van der Waals surface area contributed by atoms with E-state index in [1.165, 1.54) is 17.6 Å². The van der Waals surface area contributed by atoms with Gasteiger partial charge in [0, 0.05) is 29.5 Å². The zero-order chi connectivity index (χ0) is 22.1. The minimum atomic E-state index is -0.743. The molecule has 3 heterocycles. The van der Waals surface area contributed by atoms with Gasteiger partial charge in [-0.3, -0.25) is 9.78 Å². The second kappa shape index (κ2) is 8.78. The molecule has 4 atom stereocenters. The van der Waals surface area contributed by atoms with Gasteiger partial charge in [0.05, 0.1) is 35.8 Å². The van der Waals surface area contributed by atoms with Crippen LogP contribution in [0.15, 0.2) is 42.0 Å². The van der Waals surface area contributed by atoms with Crippen molar-refractivity contribution in [3.8, 4) is 10.6 Å². The fourth-order valence-electron chi connectivity index (χ4n) is 3.56. The molecule has 0 radical (unpaired) electrons. The van der Waals surface area contributed by atoms with Crippen LogP contribution >= 0.6 is 11.3 Å². The van der Waals surface area contributed by atoms with E-state index in [2.05, 4.69) is 15.3 Å². The lowest BCUT2D eigenvalue weighted by atomic mass is 9.88. The Kier molecular flexibility index (Phi) is 6.08. The standard InChI is InChI=1S/C22H21F2N3O3S/c1-11-12(2)30-19(8-18(11)28)13-6-7-25-9-16(13)26-21(29)17-10-31-22(27-17)20-14(23)4-3-5-15(20)24/h3-7,9-12,18-19,28H,8H2,1-2H3,(H,26,29). The van der Waals surface area contributed by atoms with Crippen LogP contribution in [0.1, 0.15) is 42.4 Å². The fraction of sp³-hybridized carbons (Fsp3) is 0.318. The normalized spacial score (nSPS) is 23.5. The Bertz CT molecular complexity index is 1070. The lowest BCUT2D eigenvalue weighted by Crippen LogP contribution is -2.38. The predicted octanol–water partition coefficient (Wildman–Crippen LogP) is 4.58. The zero-order valence-corrected chi connectivity index (χ0v) is 17.7. The first-order chi connectivity index (χ1) is 14.8. The van der Waals surface area contributed by atoms with E-state index in [9.17, 15) is 18.7 Å². The number of nitrogens with one attached hydrogen (secondary N) is 1. The highest BCUT2D eigenvalue weighted by atomic mass is 32.1.